The van der Waals surface area contributed by atoms with E-state index in [1.165, 1.54) is 11.3 Å². The van der Waals surface area contributed by atoms with Crippen LogP contribution >= 0.6 is 43.2 Å². The lowest BCUT2D eigenvalue weighted by Gasteiger charge is -2.15. The van der Waals surface area contributed by atoms with Gasteiger partial charge in [-0.15, -0.1) is 11.3 Å². The Morgan fingerprint density at radius 2 is 2.21 bits per heavy atom. The fourth-order valence-electron chi connectivity index (χ4n) is 0.855. The Hall–Kier alpha value is 0.130. The Labute approximate surface area is 104 Å². The minimum absolute atomic E-state index is 0.0306. The van der Waals surface area contributed by atoms with Crippen molar-refractivity contribution in [2.75, 3.05) is 0 Å². The molecule has 5 heteroatoms. The lowest BCUT2D eigenvalue weighted by atomic mass is 10.2. The molecule has 1 heterocycles. The third-order valence-electron chi connectivity index (χ3n) is 1.91. The number of hydrogen-bond donors (Lipinski definition) is 1. The second-order valence-corrected chi connectivity index (χ2v) is 6.73. The lowest BCUT2D eigenvalue weighted by molar-refractivity contribution is 0.0940. The van der Waals surface area contributed by atoms with Crippen LogP contribution < -0.4 is 5.32 Å². The van der Waals surface area contributed by atoms with Crippen LogP contribution in [-0.2, 0) is 0 Å². The van der Waals surface area contributed by atoms with Crippen LogP contribution in [0.25, 0.3) is 0 Å². The first-order valence-electron chi connectivity index (χ1n) is 4.20. The average Bonchev–Trinajstić information content (AvgIpc) is 2.51. The normalized spacial score (nSPS) is 14.9. The maximum Gasteiger partial charge on any atom is 0.253 e. The zero-order valence-corrected chi connectivity index (χ0v) is 11.9. The summed E-state index contributed by atoms with van der Waals surface area (Å²) < 4.78 is 0.879. The topological polar surface area (TPSA) is 29.1 Å². The zero-order chi connectivity index (χ0) is 10.7. The molecule has 0 spiro atoms. The molecule has 0 fully saturated rings. The number of amides is 1. The van der Waals surface area contributed by atoms with Crippen molar-refractivity contribution in [3.63, 3.8) is 0 Å². The Balaban J connectivity index is 2.64. The maximum atomic E-state index is 11.7. The van der Waals surface area contributed by atoms with Crippen LogP contribution in [0.4, 0.5) is 0 Å². The van der Waals surface area contributed by atoms with Crippen molar-refractivity contribution >= 4 is 49.1 Å². The van der Waals surface area contributed by atoms with Gasteiger partial charge in [0.25, 0.3) is 5.91 Å². The van der Waals surface area contributed by atoms with Crippen LogP contribution in [0.3, 0.4) is 0 Å². The summed E-state index contributed by atoms with van der Waals surface area (Å²) in [6.45, 7) is 3.98. The van der Waals surface area contributed by atoms with Gasteiger partial charge >= 0.3 is 0 Å². The molecule has 78 valence electrons. The SMILES string of the molecule is CC(Br)C(C)NC(=O)c1ccsc1Br. The van der Waals surface area contributed by atoms with E-state index in [0.29, 0.717) is 5.56 Å². The van der Waals surface area contributed by atoms with Gasteiger partial charge in [0.05, 0.1) is 9.35 Å². The quantitative estimate of drug-likeness (QED) is 0.839. The van der Waals surface area contributed by atoms with Gasteiger partial charge in [0, 0.05) is 10.9 Å². The fourth-order valence-corrected chi connectivity index (χ4v) is 2.23. The predicted molar refractivity (Wildman–Crippen MR) is 67.3 cm³/mol. The zero-order valence-electron chi connectivity index (χ0n) is 7.88. The molecule has 0 aromatic carbocycles. The summed E-state index contributed by atoms with van der Waals surface area (Å²) in [7, 11) is 0. The summed E-state index contributed by atoms with van der Waals surface area (Å²) in [5.41, 5.74) is 0.704. The van der Waals surface area contributed by atoms with Gasteiger partial charge in [0.15, 0.2) is 0 Å². The second kappa shape index (κ2) is 5.28. The van der Waals surface area contributed by atoms with Crippen molar-refractivity contribution in [2.45, 2.75) is 24.7 Å². The maximum absolute atomic E-state index is 11.7. The van der Waals surface area contributed by atoms with E-state index in [1.54, 1.807) is 0 Å². The van der Waals surface area contributed by atoms with Gasteiger partial charge < -0.3 is 5.32 Å². The summed E-state index contributed by atoms with van der Waals surface area (Å²) in [4.78, 5) is 12.0. The number of alkyl halides is 1. The molecule has 2 atom stereocenters. The van der Waals surface area contributed by atoms with E-state index in [1.807, 2.05) is 25.3 Å². The molecule has 1 amide bonds. The Morgan fingerprint density at radius 3 is 2.64 bits per heavy atom. The van der Waals surface area contributed by atoms with Crippen LogP contribution in [0, 0.1) is 0 Å². The summed E-state index contributed by atoms with van der Waals surface area (Å²) in [5, 5.41) is 4.80. The first-order valence-corrected chi connectivity index (χ1v) is 6.79. The third-order valence-corrected chi connectivity index (χ3v) is 4.39. The Morgan fingerprint density at radius 1 is 1.57 bits per heavy atom. The first kappa shape index (κ1) is 12.2. The van der Waals surface area contributed by atoms with Crippen molar-refractivity contribution in [1.29, 1.82) is 0 Å². The van der Waals surface area contributed by atoms with Gasteiger partial charge in [-0.05, 0) is 34.3 Å². The van der Waals surface area contributed by atoms with E-state index < -0.39 is 0 Å². The molecule has 0 bridgehead atoms. The molecule has 0 saturated heterocycles. The minimum atomic E-state index is -0.0306. The van der Waals surface area contributed by atoms with Gasteiger partial charge in [-0.2, -0.15) is 0 Å². The van der Waals surface area contributed by atoms with Crippen LogP contribution in [0.2, 0.25) is 0 Å². The van der Waals surface area contributed by atoms with Crippen molar-refractivity contribution in [3.8, 4) is 0 Å². The molecule has 2 nitrogen and oxygen atoms in total. The van der Waals surface area contributed by atoms with E-state index in [0.717, 1.165) is 3.79 Å². The number of nitrogens with one attached hydrogen (secondary N) is 1. The third kappa shape index (κ3) is 3.07. The number of hydrogen-bond acceptors (Lipinski definition) is 2. The lowest BCUT2D eigenvalue weighted by Crippen LogP contribution is -2.37. The number of carbonyl (C=O) groups excluding carboxylic acids is 1. The van der Waals surface area contributed by atoms with Gasteiger partial charge in [-0.1, -0.05) is 22.9 Å². The van der Waals surface area contributed by atoms with Crippen molar-refractivity contribution in [2.24, 2.45) is 0 Å². The summed E-state index contributed by atoms with van der Waals surface area (Å²) in [6.07, 6.45) is 0. The largest absolute Gasteiger partial charge is 0.348 e. The van der Waals surface area contributed by atoms with E-state index in [9.17, 15) is 4.79 Å². The monoisotopic (exact) mass is 339 g/mol. The van der Waals surface area contributed by atoms with Gasteiger partial charge in [0.2, 0.25) is 0 Å². The number of thiophene rings is 1. The molecule has 14 heavy (non-hydrogen) atoms. The molecule has 0 radical (unpaired) electrons. The Bertz CT molecular complexity index is 324. The molecule has 1 aromatic heterocycles. The van der Waals surface area contributed by atoms with Crippen LogP contribution in [0.5, 0.6) is 0 Å². The highest BCUT2D eigenvalue weighted by Gasteiger charge is 2.15. The van der Waals surface area contributed by atoms with E-state index in [-0.39, 0.29) is 16.8 Å². The molecule has 2 unspecified atom stereocenters. The molecular formula is C9H11Br2NOS. The van der Waals surface area contributed by atoms with Crippen LogP contribution in [0.15, 0.2) is 15.2 Å². The summed E-state index contributed by atoms with van der Waals surface area (Å²) in [5.74, 6) is -0.0306. The molecule has 0 saturated carbocycles. The molecule has 1 rings (SSSR count). The van der Waals surface area contributed by atoms with Crippen molar-refractivity contribution in [1.82, 2.24) is 5.32 Å². The van der Waals surface area contributed by atoms with Crippen molar-refractivity contribution < 1.29 is 4.79 Å². The summed E-state index contributed by atoms with van der Waals surface area (Å²) >= 11 is 8.28. The fraction of sp³-hybridized carbons (Fsp3) is 0.444. The van der Waals surface area contributed by atoms with Crippen molar-refractivity contribution in [3.05, 3.63) is 20.8 Å². The predicted octanol–water partition coefficient (Wildman–Crippen LogP) is 3.41. The minimum Gasteiger partial charge on any atom is -0.348 e. The highest BCUT2D eigenvalue weighted by atomic mass is 79.9. The molecule has 0 aliphatic carbocycles. The average molecular weight is 341 g/mol. The molecule has 0 aliphatic rings. The van der Waals surface area contributed by atoms with Crippen LogP contribution in [-0.4, -0.2) is 16.8 Å². The van der Waals surface area contributed by atoms with Gasteiger partial charge in [0.1, 0.15) is 0 Å². The highest BCUT2D eigenvalue weighted by molar-refractivity contribution is 9.11. The van der Waals surface area contributed by atoms with E-state index in [2.05, 4.69) is 37.2 Å². The van der Waals surface area contributed by atoms with E-state index >= 15 is 0 Å². The molecule has 0 aliphatic heterocycles. The highest BCUT2D eigenvalue weighted by Crippen LogP contribution is 2.23. The number of halogens is 2. The standard InChI is InChI=1S/C9H11Br2NOS/c1-5(10)6(2)12-9(13)7-3-4-14-8(7)11/h3-6H,1-2H3,(H,12,13). The number of rotatable bonds is 3. The van der Waals surface area contributed by atoms with Gasteiger partial charge in [-0.25, -0.2) is 0 Å². The molecule has 1 aromatic rings. The van der Waals surface area contributed by atoms with Crippen LogP contribution in [0.1, 0.15) is 24.2 Å². The van der Waals surface area contributed by atoms with E-state index in [4.69, 9.17) is 0 Å². The summed E-state index contributed by atoms with van der Waals surface area (Å²) in [6, 6.07) is 1.93. The second-order valence-electron chi connectivity index (χ2n) is 3.05. The Kier molecular flexibility index (Phi) is 4.60. The first-order chi connectivity index (χ1) is 6.52. The molecular weight excluding hydrogens is 330 g/mol. The molecule has 1 N–H and O–H groups in total. The number of carbonyl (C=O) groups is 1. The van der Waals surface area contributed by atoms with Gasteiger partial charge in [-0.3, -0.25) is 4.79 Å². The smallest absolute Gasteiger partial charge is 0.253 e.